The molecule has 0 saturated heterocycles. The lowest BCUT2D eigenvalue weighted by molar-refractivity contribution is -0.122. The maximum absolute atomic E-state index is 10.5. The minimum Gasteiger partial charge on any atom is -0.370 e. The molecular weight excluding hydrogens is 258 g/mol. The first-order chi connectivity index (χ1) is 9.54. The zero-order valence-corrected chi connectivity index (χ0v) is 12.3. The van der Waals surface area contributed by atoms with Gasteiger partial charge in [0.15, 0.2) is 0 Å². The Hall–Kier alpha value is -1.89. The van der Waals surface area contributed by atoms with Gasteiger partial charge in [-0.3, -0.25) is 4.79 Å². The van der Waals surface area contributed by atoms with Crippen LogP contribution in [-0.2, 0) is 9.53 Å². The topological polar surface area (TPSA) is 102 Å². The molecule has 0 aliphatic rings. The highest BCUT2D eigenvalue weighted by molar-refractivity contribution is 5.74. The average Bonchev–Trinajstić information content (AvgIpc) is 2.39. The zero-order chi connectivity index (χ0) is 15.0. The van der Waals surface area contributed by atoms with E-state index < -0.39 is 5.91 Å². The Morgan fingerprint density at radius 3 is 2.35 bits per heavy atom. The van der Waals surface area contributed by atoms with E-state index in [-0.39, 0.29) is 6.61 Å². The fourth-order valence-electron chi connectivity index (χ4n) is 1.63. The molecule has 1 heterocycles. The molecule has 7 heteroatoms. The maximum atomic E-state index is 10.5. The van der Waals surface area contributed by atoms with Gasteiger partial charge in [0.05, 0.1) is 6.61 Å². The Morgan fingerprint density at radius 2 is 1.80 bits per heavy atom. The maximum Gasteiger partial charge on any atom is 0.243 e. The highest BCUT2D eigenvalue weighted by atomic mass is 16.5. The van der Waals surface area contributed by atoms with Gasteiger partial charge in [-0.15, -0.1) is 0 Å². The molecule has 0 aromatic carbocycles. The van der Waals surface area contributed by atoms with Crippen LogP contribution in [0, 0.1) is 13.8 Å². The average molecular weight is 281 g/mol. The number of primary amides is 1. The molecule has 0 spiro atoms. The van der Waals surface area contributed by atoms with E-state index in [1.54, 1.807) is 0 Å². The highest BCUT2D eigenvalue weighted by Crippen LogP contribution is 2.19. The quantitative estimate of drug-likeness (QED) is 0.579. The second kappa shape index (κ2) is 8.31. The van der Waals surface area contributed by atoms with Crippen LogP contribution in [0.5, 0.6) is 0 Å². The summed E-state index contributed by atoms with van der Waals surface area (Å²) in [6, 6.07) is 0. The molecule has 0 atom stereocenters. The number of ether oxygens (including phenoxy) is 1. The van der Waals surface area contributed by atoms with Crippen molar-refractivity contribution < 1.29 is 9.53 Å². The number of anilines is 2. The van der Waals surface area contributed by atoms with E-state index in [0.29, 0.717) is 19.0 Å². The van der Waals surface area contributed by atoms with E-state index in [9.17, 15) is 4.79 Å². The summed E-state index contributed by atoms with van der Waals surface area (Å²) in [5.41, 5.74) is 5.95. The van der Waals surface area contributed by atoms with Gasteiger partial charge in [0.2, 0.25) is 5.91 Å². The van der Waals surface area contributed by atoms with Gasteiger partial charge >= 0.3 is 0 Å². The summed E-state index contributed by atoms with van der Waals surface area (Å²) in [6.07, 6.45) is 1.03. The van der Waals surface area contributed by atoms with Crippen molar-refractivity contribution in [2.24, 2.45) is 5.73 Å². The summed E-state index contributed by atoms with van der Waals surface area (Å²) >= 11 is 0. The van der Waals surface area contributed by atoms with E-state index >= 15 is 0 Å². The number of carbonyl (C=O) groups excluding carboxylic acids is 1. The third kappa shape index (κ3) is 5.40. The zero-order valence-electron chi connectivity index (χ0n) is 12.3. The summed E-state index contributed by atoms with van der Waals surface area (Å²) in [4.78, 5) is 19.3. The van der Waals surface area contributed by atoms with Crippen molar-refractivity contribution in [2.75, 3.05) is 36.9 Å². The first-order valence-electron chi connectivity index (χ1n) is 6.73. The third-order valence-corrected chi connectivity index (χ3v) is 2.58. The van der Waals surface area contributed by atoms with Crippen LogP contribution in [0.25, 0.3) is 0 Å². The van der Waals surface area contributed by atoms with Crippen LogP contribution < -0.4 is 16.4 Å². The number of aromatic nitrogens is 2. The number of nitrogens with one attached hydrogen (secondary N) is 2. The molecule has 7 nitrogen and oxygen atoms in total. The van der Waals surface area contributed by atoms with Crippen LogP contribution in [0.3, 0.4) is 0 Å². The van der Waals surface area contributed by atoms with Crippen molar-refractivity contribution in [3.8, 4) is 0 Å². The molecule has 1 aromatic heterocycles. The lowest BCUT2D eigenvalue weighted by Crippen LogP contribution is -2.21. The van der Waals surface area contributed by atoms with Gasteiger partial charge in [0.25, 0.3) is 0 Å². The summed E-state index contributed by atoms with van der Waals surface area (Å²) in [5.74, 6) is 1.86. The first kappa shape index (κ1) is 16.2. The number of amides is 1. The fraction of sp³-hybridized carbons (Fsp3) is 0.615. The lowest BCUT2D eigenvalue weighted by Gasteiger charge is -2.13. The fourth-order valence-corrected chi connectivity index (χ4v) is 1.63. The molecule has 1 aromatic rings. The Kier molecular flexibility index (Phi) is 6.72. The first-order valence-corrected chi connectivity index (χ1v) is 6.73. The van der Waals surface area contributed by atoms with Crippen molar-refractivity contribution in [3.05, 3.63) is 11.4 Å². The van der Waals surface area contributed by atoms with Crippen LogP contribution in [0.1, 0.15) is 24.7 Å². The van der Waals surface area contributed by atoms with E-state index in [2.05, 4.69) is 27.5 Å². The van der Waals surface area contributed by atoms with Crippen molar-refractivity contribution >= 4 is 17.5 Å². The van der Waals surface area contributed by atoms with Gasteiger partial charge in [-0.1, -0.05) is 6.92 Å². The van der Waals surface area contributed by atoms with Gasteiger partial charge in [-0.05, 0) is 20.3 Å². The van der Waals surface area contributed by atoms with Gasteiger partial charge in [-0.25, -0.2) is 9.97 Å². The minimum absolute atomic E-state index is 0.0627. The van der Waals surface area contributed by atoms with Crippen LogP contribution in [0.2, 0.25) is 0 Å². The summed E-state index contributed by atoms with van der Waals surface area (Å²) in [5, 5.41) is 6.45. The van der Waals surface area contributed by atoms with Crippen LogP contribution >= 0.6 is 0 Å². The molecule has 0 aliphatic carbocycles. The molecule has 0 bridgehead atoms. The smallest absolute Gasteiger partial charge is 0.243 e. The number of carbonyl (C=O) groups is 1. The van der Waals surface area contributed by atoms with E-state index in [4.69, 9.17) is 10.5 Å². The minimum atomic E-state index is -0.467. The number of hydrogen-bond acceptors (Lipinski definition) is 6. The Balaban J connectivity index is 2.56. The predicted molar refractivity (Wildman–Crippen MR) is 78.8 cm³/mol. The number of aryl methyl sites for hydroxylation is 1. The molecule has 1 amide bonds. The molecule has 0 fully saturated rings. The standard InChI is InChI=1S/C13H23N5O2/c1-4-5-15-12-9(2)13(18-10(3)17-12)16-6-7-20-8-11(14)19/h4-8H2,1-3H3,(H2,14,19)(H2,15,16,17,18). The van der Waals surface area contributed by atoms with E-state index in [0.717, 1.165) is 30.2 Å². The monoisotopic (exact) mass is 281 g/mol. The Labute approximate surface area is 119 Å². The lowest BCUT2D eigenvalue weighted by atomic mass is 10.3. The molecular formula is C13H23N5O2. The van der Waals surface area contributed by atoms with Crippen molar-refractivity contribution in [3.63, 3.8) is 0 Å². The molecule has 20 heavy (non-hydrogen) atoms. The summed E-state index contributed by atoms with van der Waals surface area (Å²) < 4.78 is 5.09. The van der Waals surface area contributed by atoms with Gasteiger partial charge < -0.3 is 21.1 Å². The number of nitrogens with two attached hydrogens (primary N) is 1. The van der Waals surface area contributed by atoms with E-state index in [1.807, 2.05) is 13.8 Å². The normalized spacial score (nSPS) is 10.3. The highest BCUT2D eigenvalue weighted by Gasteiger charge is 2.08. The molecule has 1 rings (SSSR count). The van der Waals surface area contributed by atoms with Gasteiger partial charge in [0.1, 0.15) is 24.1 Å². The second-order valence-corrected chi connectivity index (χ2v) is 4.47. The Bertz CT molecular complexity index is 451. The van der Waals surface area contributed by atoms with Crippen molar-refractivity contribution in [1.29, 1.82) is 0 Å². The van der Waals surface area contributed by atoms with E-state index in [1.165, 1.54) is 0 Å². The number of hydrogen-bond donors (Lipinski definition) is 3. The molecule has 0 unspecified atom stereocenters. The van der Waals surface area contributed by atoms with Crippen LogP contribution in [0.15, 0.2) is 0 Å². The molecule has 4 N–H and O–H groups in total. The molecule has 112 valence electrons. The van der Waals surface area contributed by atoms with Crippen molar-refractivity contribution in [1.82, 2.24) is 9.97 Å². The third-order valence-electron chi connectivity index (χ3n) is 2.58. The van der Waals surface area contributed by atoms with Gasteiger partial charge in [-0.2, -0.15) is 0 Å². The molecule has 0 aliphatic heterocycles. The SMILES string of the molecule is CCCNc1nc(C)nc(NCCOCC(N)=O)c1C. The van der Waals surface area contributed by atoms with Crippen LogP contribution in [-0.4, -0.2) is 42.2 Å². The predicted octanol–water partition coefficient (Wildman–Crippen LogP) is 0.829. The van der Waals surface area contributed by atoms with Crippen LogP contribution in [0.4, 0.5) is 11.6 Å². The number of nitrogens with zero attached hydrogens (tertiary/aromatic N) is 2. The van der Waals surface area contributed by atoms with Gasteiger partial charge in [0, 0.05) is 18.7 Å². The molecule has 0 radical (unpaired) electrons. The summed E-state index contributed by atoms with van der Waals surface area (Å²) in [7, 11) is 0. The second-order valence-electron chi connectivity index (χ2n) is 4.47. The Morgan fingerprint density at radius 1 is 1.20 bits per heavy atom. The van der Waals surface area contributed by atoms with Crippen molar-refractivity contribution in [2.45, 2.75) is 27.2 Å². The largest absolute Gasteiger partial charge is 0.370 e. The summed E-state index contributed by atoms with van der Waals surface area (Å²) in [6.45, 7) is 7.67. The molecule has 0 saturated carbocycles. The number of rotatable bonds is 9.